The molecule has 7 heteroatoms. The van der Waals surface area contributed by atoms with Gasteiger partial charge < -0.3 is 4.55 Å². The van der Waals surface area contributed by atoms with E-state index in [1.807, 2.05) is 13.0 Å². The molecule has 0 saturated carbocycles. The van der Waals surface area contributed by atoms with Crippen LogP contribution in [0.15, 0.2) is 57.8 Å². The highest BCUT2D eigenvalue weighted by Gasteiger charge is 2.16. The van der Waals surface area contributed by atoms with Crippen LogP contribution in [0.5, 0.6) is 0 Å². The van der Waals surface area contributed by atoms with Gasteiger partial charge in [-0.25, -0.2) is 8.42 Å². The van der Waals surface area contributed by atoms with Crippen molar-refractivity contribution >= 4 is 42.6 Å². The summed E-state index contributed by atoms with van der Waals surface area (Å²) in [5.74, 6) is 0. The van der Waals surface area contributed by atoms with Gasteiger partial charge in [-0.3, -0.25) is 0 Å². The number of rotatable bonds is 2. The third-order valence-corrected chi connectivity index (χ3v) is 7.31. The maximum Gasteiger partial charge on any atom is 0.302 e. The second-order valence-electron chi connectivity index (χ2n) is 4.83. The number of aromatic nitrogens is 1. The Hall–Kier alpha value is -1.41. The highest BCUT2D eigenvalue weighted by atomic mass is 32.2. The number of thiazole rings is 1. The summed E-state index contributed by atoms with van der Waals surface area (Å²) in [6, 6.07) is 14.2. The summed E-state index contributed by atoms with van der Waals surface area (Å²) in [6.07, 6.45) is 4.33. The molecule has 1 atom stereocenters. The van der Waals surface area contributed by atoms with Gasteiger partial charge in [-0.1, -0.05) is 41.6 Å². The molecule has 0 fully saturated rings. The van der Waals surface area contributed by atoms with Crippen LogP contribution < -0.4 is 0 Å². The SMILES string of the molecule is CSc1nc2ccccc2[s+]1C.Cc1ccc(S(=O)(=O)[O-])cc1. The Morgan fingerprint density at radius 3 is 2.22 bits per heavy atom. The zero-order valence-corrected chi connectivity index (χ0v) is 15.5. The Bertz CT molecular complexity index is 900. The fourth-order valence-corrected chi connectivity index (χ4v) is 5.01. The lowest BCUT2D eigenvalue weighted by Gasteiger charge is -2.05. The lowest BCUT2D eigenvalue weighted by molar-refractivity contribution is 0.463. The van der Waals surface area contributed by atoms with Gasteiger partial charge in [-0.05, 0) is 31.4 Å². The van der Waals surface area contributed by atoms with Crippen molar-refractivity contribution in [3.63, 3.8) is 0 Å². The molecule has 0 saturated heterocycles. The molecule has 0 aliphatic heterocycles. The molecule has 4 nitrogen and oxygen atoms in total. The monoisotopic (exact) mass is 367 g/mol. The largest absolute Gasteiger partial charge is 0.744 e. The van der Waals surface area contributed by atoms with Gasteiger partial charge in [0.25, 0.3) is 0 Å². The van der Waals surface area contributed by atoms with E-state index in [0.717, 1.165) is 11.1 Å². The Labute approximate surface area is 143 Å². The summed E-state index contributed by atoms with van der Waals surface area (Å²) in [5, 5.41) is 0. The molecular formula is C16H17NO3S3. The van der Waals surface area contributed by atoms with Crippen LogP contribution in [0.4, 0.5) is 0 Å². The first-order valence-electron chi connectivity index (χ1n) is 6.73. The molecule has 3 rings (SSSR count). The maximum absolute atomic E-state index is 10.4. The molecule has 3 aromatic rings. The number of hydrogen-bond donors (Lipinski definition) is 0. The van der Waals surface area contributed by atoms with Crippen LogP contribution in [0.25, 0.3) is 10.2 Å². The van der Waals surface area contributed by atoms with Crippen molar-refractivity contribution in [3.8, 4) is 0 Å². The van der Waals surface area contributed by atoms with Crippen LogP contribution in [-0.2, 0) is 16.4 Å². The Kier molecular flexibility index (Phi) is 5.80. The minimum atomic E-state index is -4.27. The number of benzene rings is 2. The van der Waals surface area contributed by atoms with Crippen molar-refractivity contribution in [1.29, 1.82) is 0 Å². The minimum Gasteiger partial charge on any atom is -0.744 e. The molecule has 23 heavy (non-hydrogen) atoms. The first-order chi connectivity index (χ1) is 10.8. The summed E-state index contributed by atoms with van der Waals surface area (Å²) < 4.78 is 33.8. The van der Waals surface area contributed by atoms with Gasteiger partial charge in [0.05, 0.1) is 4.90 Å². The van der Waals surface area contributed by atoms with E-state index in [-0.39, 0.29) is 15.4 Å². The van der Waals surface area contributed by atoms with E-state index >= 15 is 0 Å². The van der Waals surface area contributed by atoms with Crippen molar-refractivity contribution in [1.82, 2.24) is 4.98 Å². The quantitative estimate of drug-likeness (QED) is 0.387. The van der Waals surface area contributed by atoms with Crippen molar-refractivity contribution in [3.05, 3.63) is 54.1 Å². The van der Waals surface area contributed by atoms with Crippen molar-refractivity contribution in [2.75, 3.05) is 6.26 Å². The first-order valence-corrected chi connectivity index (χ1v) is 11.0. The van der Waals surface area contributed by atoms with Crippen LogP contribution >= 0.6 is 22.2 Å². The summed E-state index contributed by atoms with van der Waals surface area (Å²) >= 11 is 1.76. The number of fused-ring (bicyclic) bond motifs is 1. The molecule has 0 aliphatic carbocycles. The van der Waals surface area contributed by atoms with Crippen molar-refractivity contribution in [2.24, 2.45) is 6.26 Å². The lowest BCUT2D eigenvalue weighted by atomic mass is 10.2. The number of nitrogens with zero attached hydrogens (tertiary/aromatic N) is 1. The van der Waals surface area contributed by atoms with Crippen LogP contribution in [-0.4, -0.2) is 24.2 Å². The number of aryl methyl sites for hydroxylation is 2. The zero-order chi connectivity index (χ0) is 17.0. The van der Waals surface area contributed by atoms with E-state index in [1.165, 1.54) is 21.2 Å². The Morgan fingerprint density at radius 1 is 1.09 bits per heavy atom. The summed E-state index contributed by atoms with van der Waals surface area (Å²) in [5.41, 5.74) is 2.09. The average Bonchev–Trinajstić information content (AvgIpc) is 2.84. The molecular weight excluding hydrogens is 350 g/mol. The topological polar surface area (TPSA) is 70.1 Å². The molecule has 1 aromatic heterocycles. The normalized spacial score (nSPS) is 11.9. The predicted octanol–water partition coefficient (Wildman–Crippen LogP) is 4.14. The van der Waals surface area contributed by atoms with E-state index < -0.39 is 10.1 Å². The smallest absolute Gasteiger partial charge is 0.302 e. The van der Waals surface area contributed by atoms with Gasteiger partial charge in [-0.15, -0.1) is 0 Å². The van der Waals surface area contributed by atoms with Gasteiger partial charge in [0.2, 0.25) is 4.70 Å². The third-order valence-electron chi connectivity index (χ3n) is 3.15. The summed E-state index contributed by atoms with van der Waals surface area (Å²) in [4.78, 5) is 4.37. The number of para-hydroxylation sites is 1. The van der Waals surface area contributed by atoms with Crippen LogP contribution in [0.1, 0.15) is 5.56 Å². The van der Waals surface area contributed by atoms with E-state index in [1.54, 1.807) is 23.9 Å². The fourth-order valence-electron chi connectivity index (χ4n) is 1.94. The molecule has 0 radical (unpaired) electrons. The lowest BCUT2D eigenvalue weighted by Crippen LogP contribution is -1.97. The maximum atomic E-state index is 10.4. The molecule has 2 aromatic carbocycles. The minimum absolute atomic E-state index is 0.178. The van der Waals surface area contributed by atoms with Crippen LogP contribution in [0.2, 0.25) is 0 Å². The first kappa shape index (κ1) is 17.9. The molecule has 122 valence electrons. The van der Waals surface area contributed by atoms with Crippen molar-refractivity contribution in [2.45, 2.75) is 16.2 Å². The van der Waals surface area contributed by atoms with Gasteiger partial charge in [0, 0.05) is 16.5 Å². The van der Waals surface area contributed by atoms with Gasteiger partial charge in [0.1, 0.15) is 21.9 Å². The van der Waals surface area contributed by atoms with E-state index in [9.17, 15) is 13.0 Å². The Balaban J connectivity index is 0.000000168. The molecule has 1 unspecified atom stereocenters. The summed E-state index contributed by atoms with van der Waals surface area (Å²) in [7, 11) is -4.04. The number of thioether (sulfide) groups is 1. The average molecular weight is 368 g/mol. The fraction of sp³-hybridized carbons (Fsp3) is 0.188. The molecule has 0 N–H and O–H groups in total. The molecule has 0 amide bonds. The standard InChI is InChI=1S/C9H10NS2.C7H8O3S/c1-11-9-10-7-5-3-4-6-8(7)12(9)2;1-6-2-4-7(5-3-6)11(8,9)10/h3-6H,1-2H3;2-5H,1H3,(H,8,9,10)/q+1;/p-1. The van der Waals surface area contributed by atoms with Gasteiger partial charge >= 0.3 is 4.34 Å². The highest BCUT2D eigenvalue weighted by molar-refractivity contribution is 8.01. The molecule has 0 bridgehead atoms. The van der Waals surface area contributed by atoms with E-state index in [2.05, 4.69) is 35.7 Å². The zero-order valence-electron chi connectivity index (χ0n) is 13.0. The third kappa shape index (κ3) is 4.54. The van der Waals surface area contributed by atoms with Crippen molar-refractivity contribution < 1.29 is 13.0 Å². The van der Waals surface area contributed by atoms with Gasteiger partial charge in [0.15, 0.2) is 0 Å². The molecule has 0 aliphatic rings. The van der Waals surface area contributed by atoms with Crippen LogP contribution in [0.3, 0.4) is 0 Å². The Morgan fingerprint density at radius 2 is 1.70 bits per heavy atom. The van der Waals surface area contributed by atoms with E-state index in [0.29, 0.717) is 0 Å². The second-order valence-corrected chi connectivity index (χ2v) is 9.11. The number of hydrogen-bond acceptors (Lipinski definition) is 5. The second kappa shape index (κ2) is 7.44. The molecule has 1 heterocycles. The molecule has 0 spiro atoms. The highest BCUT2D eigenvalue weighted by Crippen LogP contribution is 2.36. The predicted molar refractivity (Wildman–Crippen MR) is 96.1 cm³/mol. The van der Waals surface area contributed by atoms with E-state index in [4.69, 9.17) is 0 Å². The van der Waals surface area contributed by atoms with Crippen LogP contribution in [0, 0.1) is 6.92 Å². The van der Waals surface area contributed by atoms with Gasteiger partial charge in [-0.2, -0.15) is 4.98 Å². The summed E-state index contributed by atoms with van der Waals surface area (Å²) in [6.45, 7) is 1.82.